The number of fused-ring (bicyclic) bond motifs is 1. The molecule has 0 radical (unpaired) electrons. The van der Waals surface area contributed by atoms with Gasteiger partial charge in [-0.3, -0.25) is 18.9 Å². The van der Waals surface area contributed by atoms with E-state index in [4.69, 9.17) is 16.1 Å². The average Bonchev–Trinajstić information content (AvgIpc) is 3.50. The molecule has 3 aromatic rings. The van der Waals surface area contributed by atoms with Gasteiger partial charge in [0.2, 0.25) is 19.2 Å². The van der Waals surface area contributed by atoms with Crippen LogP contribution in [0.1, 0.15) is 43.1 Å². The number of hydrogen-bond acceptors (Lipinski definition) is 5. The van der Waals surface area contributed by atoms with E-state index in [1.54, 1.807) is 42.7 Å². The Kier molecular flexibility index (Phi) is 9.12. The summed E-state index contributed by atoms with van der Waals surface area (Å²) in [6, 6.07) is 8.31. The Hall–Kier alpha value is -3.07. The van der Waals surface area contributed by atoms with Gasteiger partial charge in [-0.2, -0.15) is 0 Å². The summed E-state index contributed by atoms with van der Waals surface area (Å²) in [6.07, 6.45) is 0.197. The third kappa shape index (κ3) is 5.99. The van der Waals surface area contributed by atoms with Crippen molar-refractivity contribution in [2.24, 2.45) is 0 Å². The maximum atomic E-state index is 14.5. The third-order valence-corrected chi connectivity index (χ3v) is 9.92. The summed E-state index contributed by atoms with van der Waals surface area (Å²) in [4.78, 5) is 39.9. The smallest absolute Gasteiger partial charge is 0.243 e. The maximum absolute atomic E-state index is 14.5. The molecule has 4 rings (SSSR count). The molecular formula is C28H31ClF2N3O5P. The number of amides is 2. The molecular weight excluding hydrogens is 563 g/mol. The number of halogens is 3. The van der Waals surface area contributed by atoms with E-state index >= 15 is 0 Å². The first-order valence-electron chi connectivity index (χ1n) is 13.0. The number of nitrogens with one attached hydrogen (secondary N) is 1. The van der Waals surface area contributed by atoms with Crippen molar-refractivity contribution in [1.29, 1.82) is 0 Å². The molecule has 1 aliphatic rings. The largest absolute Gasteiger partial charge is 0.350 e. The van der Waals surface area contributed by atoms with Gasteiger partial charge in [-0.25, -0.2) is 8.78 Å². The minimum Gasteiger partial charge on any atom is -0.350 e. The lowest BCUT2D eigenvalue weighted by Crippen LogP contribution is -2.46. The molecule has 1 aliphatic heterocycles. The van der Waals surface area contributed by atoms with Crippen LogP contribution in [0.3, 0.4) is 0 Å². The molecule has 40 heavy (non-hydrogen) atoms. The number of Topliss-reactive ketones (excluding diaryl/α,β-unsaturated/α-hetero) is 1. The van der Waals surface area contributed by atoms with Crippen LogP contribution in [0.4, 0.5) is 8.78 Å². The molecule has 0 spiro atoms. The standard InChI is InChI=1S/C28H31ClF2N3O5P/c1-4-39-40(38,5-2)20-9-10-21-22(17(3)35)15-33(24(21)12-20)16-26(36)34-14-19(30)11-25(34)28(37)32-13-18-7-6-8-23(29)27(18)31/h6-10,12,15,19,25H,4-5,11,13-14,16H2,1-3H3,(H,32,37)/t19-,25+,40?/m1/s1. The summed E-state index contributed by atoms with van der Waals surface area (Å²) in [7, 11) is -3.15. The van der Waals surface area contributed by atoms with Crippen LogP contribution in [-0.4, -0.2) is 58.6 Å². The van der Waals surface area contributed by atoms with Crippen molar-refractivity contribution >= 4 is 52.8 Å². The van der Waals surface area contributed by atoms with E-state index in [-0.39, 0.29) is 55.2 Å². The van der Waals surface area contributed by atoms with Gasteiger partial charge < -0.3 is 19.3 Å². The number of alkyl halides is 1. The minimum atomic E-state index is -3.15. The van der Waals surface area contributed by atoms with Gasteiger partial charge in [0.05, 0.1) is 23.7 Å². The van der Waals surface area contributed by atoms with Crippen LogP contribution in [0.5, 0.6) is 0 Å². The SMILES string of the molecule is CCOP(=O)(CC)c1ccc2c(C(C)=O)cn(CC(=O)N3C[C@H](F)C[C@H]3C(=O)NCc3cccc(Cl)c3F)c2c1. The van der Waals surface area contributed by atoms with Gasteiger partial charge in [0.1, 0.15) is 24.6 Å². The fraction of sp³-hybridized carbons (Fsp3) is 0.393. The number of benzene rings is 2. The Morgan fingerprint density at radius 2 is 1.95 bits per heavy atom. The molecule has 12 heteroatoms. The monoisotopic (exact) mass is 593 g/mol. The van der Waals surface area contributed by atoms with Crippen molar-refractivity contribution in [3.05, 3.63) is 64.6 Å². The van der Waals surface area contributed by atoms with Crippen molar-refractivity contribution in [3.8, 4) is 0 Å². The van der Waals surface area contributed by atoms with Crippen LogP contribution < -0.4 is 10.6 Å². The predicted molar refractivity (Wildman–Crippen MR) is 150 cm³/mol. The molecule has 1 fully saturated rings. The molecule has 2 aromatic carbocycles. The lowest BCUT2D eigenvalue weighted by atomic mass is 10.1. The highest BCUT2D eigenvalue weighted by Gasteiger charge is 2.40. The van der Waals surface area contributed by atoms with Gasteiger partial charge in [0.15, 0.2) is 5.78 Å². The molecule has 214 valence electrons. The lowest BCUT2D eigenvalue weighted by molar-refractivity contribution is -0.139. The summed E-state index contributed by atoms with van der Waals surface area (Å²) >= 11 is 5.80. The number of hydrogen-bond donors (Lipinski definition) is 1. The molecule has 2 heterocycles. The molecule has 2 amide bonds. The second-order valence-electron chi connectivity index (χ2n) is 9.66. The fourth-order valence-corrected chi connectivity index (χ4v) is 6.92. The Morgan fingerprint density at radius 1 is 1.20 bits per heavy atom. The van der Waals surface area contributed by atoms with E-state index in [1.165, 1.54) is 25.3 Å². The first-order chi connectivity index (χ1) is 19.0. The lowest BCUT2D eigenvalue weighted by Gasteiger charge is -2.24. The highest BCUT2D eigenvalue weighted by atomic mass is 35.5. The van der Waals surface area contributed by atoms with E-state index in [1.807, 2.05) is 0 Å². The molecule has 3 atom stereocenters. The first kappa shape index (κ1) is 29.9. The zero-order valence-electron chi connectivity index (χ0n) is 22.5. The van der Waals surface area contributed by atoms with Gasteiger partial charge in [0, 0.05) is 47.1 Å². The summed E-state index contributed by atoms with van der Waals surface area (Å²) in [5.74, 6) is -2.03. The van der Waals surface area contributed by atoms with Crippen LogP contribution >= 0.6 is 19.0 Å². The van der Waals surface area contributed by atoms with Gasteiger partial charge in [-0.1, -0.05) is 36.7 Å². The van der Waals surface area contributed by atoms with Gasteiger partial charge in [-0.15, -0.1) is 0 Å². The van der Waals surface area contributed by atoms with E-state index in [0.29, 0.717) is 21.8 Å². The first-order valence-corrected chi connectivity index (χ1v) is 15.2. The number of aromatic nitrogens is 1. The number of rotatable bonds is 10. The normalized spacial score (nSPS) is 18.6. The summed E-state index contributed by atoms with van der Waals surface area (Å²) < 4.78 is 49.2. The van der Waals surface area contributed by atoms with E-state index in [2.05, 4.69) is 5.32 Å². The molecule has 1 aromatic heterocycles. The van der Waals surface area contributed by atoms with E-state index in [0.717, 1.165) is 4.90 Å². The zero-order valence-corrected chi connectivity index (χ0v) is 24.1. The van der Waals surface area contributed by atoms with Crippen LogP contribution in [0, 0.1) is 5.82 Å². The zero-order chi connectivity index (χ0) is 29.2. The molecule has 8 nitrogen and oxygen atoms in total. The number of ketones is 1. The van der Waals surface area contributed by atoms with Gasteiger partial charge in [-0.05, 0) is 32.0 Å². The quantitative estimate of drug-likeness (QED) is 0.268. The molecule has 1 unspecified atom stereocenters. The van der Waals surface area contributed by atoms with Crippen molar-refractivity contribution in [3.63, 3.8) is 0 Å². The summed E-state index contributed by atoms with van der Waals surface area (Å²) in [5, 5.41) is 3.52. The second-order valence-corrected chi connectivity index (χ2v) is 12.8. The maximum Gasteiger partial charge on any atom is 0.243 e. The van der Waals surface area contributed by atoms with Crippen LogP contribution in [0.15, 0.2) is 42.6 Å². The number of nitrogens with zero attached hydrogens (tertiary/aromatic N) is 2. The van der Waals surface area contributed by atoms with Gasteiger partial charge in [0.25, 0.3) is 0 Å². The highest BCUT2D eigenvalue weighted by molar-refractivity contribution is 7.67. The van der Waals surface area contributed by atoms with Crippen molar-refractivity contribution in [2.75, 3.05) is 19.3 Å². The van der Waals surface area contributed by atoms with Crippen molar-refractivity contribution in [1.82, 2.24) is 14.8 Å². The summed E-state index contributed by atoms with van der Waals surface area (Å²) in [5.41, 5.74) is 1.04. The molecule has 0 bridgehead atoms. The Labute approximate surface area is 236 Å². The number of carbonyl (C=O) groups excluding carboxylic acids is 3. The van der Waals surface area contributed by atoms with Crippen LogP contribution in [0.2, 0.25) is 5.02 Å². The highest BCUT2D eigenvalue weighted by Crippen LogP contribution is 2.45. The summed E-state index contributed by atoms with van der Waals surface area (Å²) in [6.45, 7) is 4.45. The van der Waals surface area contributed by atoms with E-state index in [9.17, 15) is 27.7 Å². The Bertz CT molecular complexity index is 1510. The van der Waals surface area contributed by atoms with Crippen LogP contribution in [-0.2, 0) is 31.8 Å². The topological polar surface area (TPSA) is 97.7 Å². The van der Waals surface area contributed by atoms with E-state index < -0.39 is 37.2 Å². The second kappa shape index (κ2) is 12.2. The van der Waals surface area contributed by atoms with Crippen molar-refractivity contribution in [2.45, 2.75) is 52.5 Å². The number of likely N-dealkylation sites (tertiary alicyclic amines) is 1. The predicted octanol–water partition coefficient (Wildman–Crippen LogP) is 4.85. The minimum absolute atomic E-state index is 0.0863. The Balaban J connectivity index is 1.59. The Morgan fingerprint density at radius 3 is 2.62 bits per heavy atom. The number of carbonyl (C=O) groups is 3. The molecule has 0 saturated carbocycles. The average molecular weight is 594 g/mol. The fourth-order valence-electron chi connectivity index (χ4n) is 4.99. The molecule has 1 saturated heterocycles. The van der Waals surface area contributed by atoms with Crippen LogP contribution in [0.25, 0.3) is 10.9 Å². The van der Waals surface area contributed by atoms with Crippen molar-refractivity contribution < 1.29 is 32.3 Å². The molecule has 1 N–H and O–H groups in total. The molecule has 0 aliphatic carbocycles. The third-order valence-electron chi connectivity index (χ3n) is 7.06. The van der Waals surface area contributed by atoms with Gasteiger partial charge >= 0.3 is 0 Å².